The zero-order valence-electron chi connectivity index (χ0n) is 11.1. The molecule has 1 aliphatic heterocycles. The highest BCUT2D eigenvalue weighted by Gasteiger charge is 2.37. The number of rotatable bonds is 3. The van der Waals surface area contributed by atoms with Crippen molar-refractivity contribution in [3.05, 3.63) is 35.4 Å². The van der Waals surface area contributed by atoms with Crippen LogP contribution in [0.1, 0.15) is 35.4 Å². The molecular formula is C14H18O3S2. The normalized spacial score (nSPS) is 19.7. The van der Waals surface area contributed by atoms with E-state index in [0.717, 1.165) is 17.1 Å². The van der Waals surface area contributed by atoms with Crippen molar-refractivity contribution in [1.82, 2.24) is 0 Å². The van der Waals surface area contributed by atoms with Gasteiger partial charge in [0.25, 0.3) is 0 Å². The van der Waals surface area contributed by atoms with Crippen LogP contribution < -0.4 is 0 Å². The fourth-order valence-corrected chi connectivity index (χ4v) is 5.02. The van der Waals surface area contributed by atoms with Crippen molar-refractivity contribution in [2.75, 3.05) is 18.6 Å². The van der Waals surface area contributed by atoms with Crippen molar-refractivity contribution in [3.63, 3.8) is 0 Å². The zero-order valence-corrected chi connectivity index (χ0v) is 12.7. The van der Waals surface area contributed by atoms with E-state index >= 15 is 0 Å². The predicted molar refractivity (Wildman–Crippen MR) is 80.7 cm³/mol. The lowest BCUT2D eigenvalue weighted by atomic mass is 10.0. The van der Waals surface area contributed by atoms with Gasteiger partial charge in [-0.2, -0.15) is 0 Å². The Labute approximate surface area is 122 Å². The van der Waals surface area contributed by atoms with Crippen molar-refractivity contribution in [1.29, 1.82) is 0 Å². The maximum Gasteiger partial charge on any atom is 0.337 e. The lowest BCUT2D eigenvalue weighted by Gasteiger charge is -2.36. The van der Waals surface area contributed by atoms with Gasteiger partial charge in [0.2, 0.25) is 0 Å². The molecule has 1 heterocycles. The lowest BCUT2D eigenvalue weighted by molar-refractivity contribution is 0.0600. The van der Waals surface area contributed by atoms with Gasteiger partial charge in [-0.25, -0.2) is 4.79 Å². The van der Waals surface area contributed by atoms with Crippen molar-refractivity contribution in [3.8, 4) is 0 Å². The van der Waals surface area contributed by atoms with Crippen molar-refractivity contribution in [2.45, 2.75) is 23.5 Å². The molecule has 1 atom stereocenters. The van der Waals surface area contributed by atoms with Gasteiger partial charge in [-0.3, -0.25) is 0 Å². The molecular weight excluding hydrogens is 280 g/mol. The van der Waals surface area contributed by atoms with Crippen LogP contribution in [0.4, 0.5) is 0 Å². The maximum atomic E-state index is 11.4. The van der Waals surface area contributed by atoms with E-state index < -0.39 is 6.10 Å². The predicted octanol–water partition coefficient (Wildman–Crippen LogP) is 3.09. The van der Waals surface area contributed by atoms with Crippen LogP contribution in [0.2, 0.25) is 0 Å². The number of aliphatic hydroxyl groups excluding tert-OH is 1. The number of carbonyl (C=O) groups excluding carboxylic acids is 1. The topological polar surface area (TPSA) is 46.5 Å². The number of carbonyl (C=O) groups is 1. The van der Waals surface area contributed by atoms with Gasteiger partial charge in [0, 0.05) is 0 Å². The maximum absolute atomic E-state index is 11.4. The van der Waals surface area contributed by atoms with E-state index in [1.54, 1.807) is 47.8 Å². The van der Waals surface area contributed by atoms with Gasteiger partial charge >= 0.3 is 5.97 Å². The van der Waals surface area contributed by atoms with Crippen LogP contribution in [-0.2, 0) is 4.74 Å². The van der Waals surface area contributed by atoms with Crippen LogP contribution in [0.5, 0.6) is 0 Å². The van der Waals surface area contributed by atoms with Crippen LogP contribution in [-0.4, -0.2) is 33.8 Å². The number of ether oxygens (including phenoxy) is 1. The summed E-state index contributed by atoms with van der Waals surface area (Å²) in [4.78, 5) is 11.4. The summed E-state index contributed by atoms with van der Waals surface area (Å²) in [5, 5.41) is 10.5. The average Bonchev–Trinajstić information content (AvgIpc) is 2.46. The van der Waals surface area contributed by atoms with Crippen molar-refractivity contribution >= 4 is 29.5 Å². The first-order valence-electron chi connectivity index (χ1n) is 6.21. The molecule has 104 valence electrons. The molecule has 2 rings (SSSR count). The molecule has 5 heteroatoms. The summed E-state index contributed by atoms with van der Waals surface area (Å²) in [6, 6.07) is 7.01. The Morgan fingerprint density at radius 3 is 2.42 bits per heavy atom. The van der Waals surface area contributed by atoms with Gasteiger partial charge in [0.15, 0.2) is 0 Å². The van der Waals surface area contributed by atoms with E-state index in [1.165, 1.54) is 13.5 Å². The summed E-state index contributed by atoms with van der Waals surface area (Å²) in [7, 11) is 1.36. The summed E-state index contributed by atoms with van der Waals surface area (Å²) in [5.41, 5.74) is 1.35. The van der Waals surface area contributed by atoms with Gasteiger partial charge < -0.3 is 9.84 Å². The lowest BCUT2D eigenvalue weighted by Crippen LogP contribution is -2.29. The molecule has 1 fully saturated rings. The second-order valence-electron chi connectivity index (χ2n) is 4.58. The standard InChI is InChI=1S/C14H18O3S2/c1-14(18-8-3-9-19-14)12(15)10-4-6-11(7-5-10)13(16)17-2/h4-7,12,15H,3,8-9H2,1-2H3. The van der Waals surface area contributed by atoms with Crippen molar-refractivity contribution in [2.24, 2.45) is 0 Å². The molecule has 1 aromatic carbocycles. The Bertz CT molecular complexity index is 439. The second kappa shape index (κ2) is 6.20. The number of aliphatic hydroxyl groups is 1. The molecule has 3 nitrogen and oxygen atoms in total. The van der Waals surface area contributed by atoms with Gasteiger partial charge in [-0.15, -0.1) is 23.5 Å². The highest BCUT2D eigenvalue weighted by Crippen LogP contribution is 2.49. The molecule has 19 heavy (non-hydrogen) atoms. The first-order valence-corrected chi connectivity index (χ1v) is 8.18. The molecule has 1 unspecified atom stereocenters. The Kier molecular flexibility index (Phi) is 4.81. The van der Waals surface area contributed by atoms with E-state index in [0.29, 0.717) is 5.56 Å². The molecule has 0 aromatic heterocycles. The monoisotopic (exact) mass is 298 g/mol. The van der Waals surface area contributed by atoms with Crippen molar-refractivity contribution < 1.29 is 14.6 Å². The van der Waals surface area contributed by atoms with Crippen LogP contribution >= 0.6 is 23.5 Å². The number of hydrogen-bond donors (Lipinski definition) is 1. The molecule has 1 saturated heterocycles. The summed E-state index contributed by atoms with van der Waals surface area (Å²) in [6.07, 6.45) is 0.661. The Hall–Kier alpha value is -0.650. The van der Waals surface area contributed by atoms with E-state index in [2.05, 4.69) is 11.7 Å². The van der Waals surface area contributed by atoms with Gasteiger partial charge in [-0.05, 0) is 42.5 Å². The molecule has 0 saturated carbocycles. The fraction of sp³-hybridized carbons (Fsp3) is 0.500. The fourth-order valence-electron chi connectivity index (χ4n) is 2.03. The van der Waals surface area contributed by atoms with Gasteiger partial charge in [0.1, 0.15) is 6.10 Å². The molecule has 0 amide bonds. The molecule has 1 aromatic rings. The minimum absolute atomic E-state index is 0.203. The molecule has 0 aliphatic carbocycles. The molecule has 1 N–H and O–H groups in total. The number of benzene rings is 1. The van der Waals surface area contributed by atoms with Crippen LogP contribution in [0.3, 0.4) is 0 Å². The molecule has 0 bridgehead atoms. The summed E-state index contributed by atoms with van der Waals surface area (Å²) >= 11 is 3.61. The zero-order chi connectivity index (χ0) is 13.9. The largest absolute Gasteiger partial charge is 0.465 e. The summed E-state index contributed by atoms with van der Waals surface area (Å²) in [6.45, 7) is 2.08. The SMILES string of the molecule is COC(=O)c1ccc(C(O)C2(C)SCCCS2)cc1. The minimum Gasteiger partial charge on any atom is -0.465 e. The average molecular weight is 298 g/mol. The number of hydrogen-bond acceptors (Lipinski definition) is 5. The third-order valence-electron chi connectivity index (χ3n) is 3.21. The third-order valence-corrected chi connectivity index (χ3v) is 6.50. The molecule has 1 aliphatic rings. The quantitative estimate of drug-likeness (QED) is 0.869. The van der Waals surface area contributed by atoms with E-state index in [9.17, 15) is 9.90 Å². The minimum atomic E-state index is -0.533. The number of methoxy groups -OCH3 is 1. The van der Waals surface area contributed by atoms with Crippen LogP contribution in [0, 0.1) is 0 Å². The first kappa shape index (κ1) is 14.8. The van der Waals surface area contributed by atoms with Crippen LogP contribution in [0.25, 0.3) is 0 Å². The van der Waals surface area contributed by atoms with Gasteiger partial charge in [-0.1, -0.05) is 12.1 Å². The van der Waals surface area contributed by atoms with E-state index in [4.69, 9.17) is 0 Å². The van der Waals surface area contributed by atoms with Crippen LogP contribution in [0.15, 0.2) is 24.3 Å². The Morgan fingerprint density at radius 2 is 1.89 bits per heavy atom. The molecule has 0 radical (unpaired) electrons. The summed E-state index contributed by atoms with van der Waals surface area (Å²) in [5.74, 6) is 1.82. The number of esters is 1. The number of thioether (sulfide) groups is 2. The molecule has 0 spiro atoms. The third kappa shape index (κ3) is 3.27. The smallest absolute Gasteiger partial charge is 0.337 e. The second-order valence-corrected chi connectivity index (χ2v) is 7.93. The van der Waals surface area contributed by atoms with E-state index in [1.807, 2.05) is 0 Å². The highest BCUT2D eigenvalue weighted by atomic mass is 32.2. The first-order chi connectivity index (χ1) is 9.07. The Balaban J connectivity index is 2.15. The highest BCUT2D eigenvalue weighted by molar-refractivity contribution is 8.18. The summed E-state index contributed by atoms with van der Waals surface area (Å²) < 4.78 is 4.46. The van der Waals surface area contributed by atoms with Gasteiger partial charge in [0.05, 0.1) is 16.8 Å². The Morgan fingerprint density at radius 1 is 1.32 bits per heavy atom. The van der Waals surface area contributed by atoms with E-state index in [-0.39, 0.29) is 10.0 Å².